The SMILES string of the molecule is c1ccc(-c2ccccc2-c2ccccc2-c2ccc(N(c3ccc(-c4cccc(-c5cc6ccccc6o5)c4)cc3)c3cc4ccccc4c4ccccc34)cc2)cc1. The predicted octanol–water partition coefficient (Wildman–Crippen LogP) is 16.5. The maximum Gasteiger partial charge on any atom is 0.135 e. The summed E-state index contributed by atoms with van der Waals surface area (Å²) in [5, 5.41) is 5.99. The molecule has 1 heterocycles. The summed E-state index contributed by atoms with van der Waals surface area (Å²) in [6.07, 6.45) is 0. The van der Waals surface area contributed by atoms with Crippen LogP contribution in [0.2, 0.25) is 0 Å². The summed E-state index contributed by atoms with van der Waals surface area (Å²) in [5.41, 5.74) is 14.8. The van der Waals surface area contributed by atoms with Gasteiger partial charge in [-0.15, -0.1) is 0 Å². The van der Waals surface area contributed by atoms with Gasteiger partial charge in [0.2, 0.25) is 0 Å². The fourth-order valence-electron chi connectivity index (χ4n) is 8.77. The predicted molar refractivity (Wildman–Crippen MR) is 253 cm³/mol. The van der Waals surface area contributed by atoms with E-state index in [4.69, 9.17) is 4.42 Å². The molecule has 0 aliphatic heterocycles. The number of hydrogen-bond donors (Lipinski definition) is 0. The van der Waals surface area contributed by atoms with Crippen molar-refractivity contribution in [2.75, 3.05) is 4.90 Å². The molecule has 11 aromatic rings. The van der Waals surface area contributed by atoms with E-state index >= 15 is 0 Å². The van der Waals surface area contributed by atoms with Crippen LogP contribution in [0.4, 0.5) is 17.1 Å². The lowest BCUT2D eigenvalue weighted by molar-refractivity contribution is 0.631. The maximum atomic E-state index is 6.24. The van der Waals surface area contributed by atoms with Crippen molar-refractivity contribution in [1.29, 1.82) is 0 Å². The minimum absolute atomic E-state index is 0.871. The number of furan rings is 1. The number of nitrogens with zero attached hydrogens (tertiary/aromatic N) is 1. The minimum atomic E-state index is 0.871. The zero-order valence-corrected chi connectivity index (χ0v) is 32.9. The van der Waals surface area contributed by atoms with Crippen LogP contribution in [0.25, 0.3) is 88.3 Å². The first kappa shape index (κ1) is 35.2. The van der Waals surface area contributed by atoms with Gasteiger partial charge >= 0.3 is 0 Å². The molecule has 0 aliphatic rings. The van der Waals surface area contributed by atoms with Crippen LogP contribution in [-0.2, 0) is 0 Å². The third-order valence-corrected chi connectivity index (χ3v) is 11.7. The Hall–Kier alpha value is -7.94. The van der Waals surface area contributed by atoms with Gasteiger partial charge < -0.3 is 9.32 Å². The second-order valence-corrected chi connectivity index (χ2v) is 15.3. The van der Waals surface area contributed by atoms with Gasteiger partial charge in [-0.2, -0.15) is 0 Å². The number of fused-ring (bicyclic) bond motifs is 4. The molecule has 11 rings (SSSR count). The summed E-state index contributed by atoms with van der Waals surface area (Å²) in [6.45, 7) is 0. The van der Waals surface area contributed by atoms with Gasteiger partial charge in [-0.1, -0.05) is 188 Å². The van der Waals surface area contributed by atoms with Crippen LogP contribution in [0.3, 0.4) is 0 Å². The van der Waals surface area contributed by atoms with Crippen molar-refractivity contribution in [2.24, 2.45) is 0 Å². The summed E-state index contributed by atoms with van der Waals surface area (Å²) in [6, 6.07) is 84.9. The summed E-state index contributed by atoms with van der Waals surface area (Å²) in [5.74, 6) is 0.871. The first-order chi connectivity index (χ1) is 29.7. The zero-order valence-electron chi connectivity index (χ0n) is 32.9. The molecule has 60 heavy (non-hydrogen) atoms. The topological polar surface area (TPSA) is 16.4 Å². The molecular weight excluding hydrogens is 727 g/mol. The number of rotatable bonds is 8. The van der Waals surface area contributed by atoms with Crippen molar-refractivity contribution in [3.63, 3.8) is 0 Å². The van der Waals surface area contributed by atoms with Crippen molar-refractivity contribution < 1.29 is 4.42 Å². The molecule has 0 saturated heterocycles. The largest absolute Gasteiger partial charge is 0.456 e. The fourth-order valence-corrected chi connectivity index (χ4v) is 8.77. The van der Waals surface area contributed by atoms with Crippen LogP contribution >= 0.6 is 0 Å². The van der Waals surface area contributed by atoms with Gasteiger partial charge in [-0.3, -0.25) is 0 Å². The van der Waals surface area contributed by atoms with Gasteiger partial charge in [0.25, 0.3) is 0 Å². The Balaban J connectivity index is 1.01. The van der Waals surface area contributed by atoms with Gasteiger partial charge in [0.15, 0.2) is 0 Å². The Kier molecular flexibility index (Phi) is 8.87. The van der Waals surface area contributed by atoms with Gasteiger partial charge in [0.1, 0.15) is 11.3 Å². The molecular formula is C58H39NO. The van der Waals surface area contributed by atoms with Gasteiger partial charge in [-0.05, 0) is 109 Å². The van der Waals surface area contributed by atoms with Crippen molar-refractivity contribution in [1.82, 2.24) is 0 Å². The molecule has 0 N–H and O–H groups in total. The van der Waals surface area contributed by atoms with E-state index in [1.54, 1.807) is 0 Å². The first-order valence-corrected chi connectivity index (χ1v) is 20.5. The van der Waals surface area contributed by atoms with Gasteiger partial charge in [-0.25, -0.2) is 0 Å². The molecule has 0 bridgehead atoms. The second kappa shape index (κ2) is 15.1. The molecule has 282 valence electrons. The van der Waals surface area contributed by atoms with Crippen molar-refractivity contribution in [3.8, 4) is 55.8 Å². The molecule has 0 atom stereocenters. The Morgan fingerprint density at radius 1 is 0.283 bits per heavy atom. The summed E-state index contributed by atoms with van der Waals surface area (Å²) >= 11 is 0. The summed E-state index contributed by atoms with van der Waals surface area (Å²) < 4.78 is 6.24. The highest BCUT2D eigenvalue weighted by atomic mass is 16.3. The quantitative estimate of drug-likeness (QED) is 0.143. The average Bonchev–Trinajstić information content (AvgIpc) is 3.77. The van der Waals surface area contributed by atoms with Crippen LogP contribution < -0.4 is 4.90 Å². The number of benzene rings is 10. The third-order valence-electron chi connectivity index (χ3n) is 11.7. The van der Waals surface area contributed by atoms with E-state index in [0.29, 0.717) is 0 Å². The Morgan fingerprint density at radius 2 is 0.783 bits per heavy atom. The molecule has 2 heteroatoms. The maximum absolute atomic E-state index is 6.24. The molecule has 2 nitrogen and oxygen atoms in total. The highest BCUT2D eigenvalue weighted by molar-refractivity contribution is 6.14. The van der Waals surface area contributed by atoms with E-state index in [0.717, 1.165) is 50.5 Å². The lowest BCUT2D eigenvalue weighted by Crippen LogP contribution is -2.10. The first-order valence-electron chi connectivity index (χ1n) is 20.5. The highest BCUT2D eigenvalue weighted by Crippen LogP contribution is 2.44. The Bertz CT molecular complexity index is 3270. The lowest BCUT2D eigenvalue weighted by Gasteiger charge is -2.28. The summed E-state index contributed by atoms with van der Waals surface area (Å²) in [7, 11) is 0. The van der Waals surface area contributed by atoms with E-state index in [-0.39, 0.29) is 0 Å². The standard InChI is InChI=1S/C58H39NO/c1-2-15-41(16-3-1)49-21-7-9-24-52(49)53-25-10-8-22-50(53)42-31-35-48(36-32-42)59(56-38-44-17-4-6-23-51(44)54-26-11-12-27-55(54)56)47-33-29-40(30-34-47)43-19-14-20-45(37-43)58-39-46-18-5-13-28-57(46)60-58/h1-39H. The van der Waals surface area contributed by atoms with Crippen molar-refractivity contribution >= 4 is 49.6 Å². The smallest absolute Gasteiger partial charge is 0.135 e. The number of hydrogen-bond acceptors (Lipinski definition) is 2. The van der Waals surface area contributed by atoms with E-state index in [1.807, 2.05) is 18.2 Å². The Labute approximate surface area is 349 Å². The molecule has 0 spiro atoms. The van der Waals surface area contributed by atoms with E-state index in [1.165, 1.54) is 54.9 Å². The van der Waals surface area contributed by atoms with Crippen LogP contribution in [0.15, 0.2) is 241 Å². The second-order valence-electron chi connectivity index (χ2n) is 15.3. The highest BCUT2D eigenvalue weighted by Gasteiger charge is 2.19. The number of anilines is 3. The van der Waals surface area contributed by atoms with Gasteiger partial charge in [0, 0.05) is 27.7 Å². The summed E-state index contributed by atoms with van der Waals surface area (Å²) in [4.78, 5) is 2.41. The molecule has 1 aromatic heterocycles. The van der Waals surface area contributed by atoms with E-state index in [2.05, 4.69) is 223 Å². The molecule has 0 radical (unpaired) electrons. The molecule has 0 unspecified atom stereocenters. The molecule has 0 aliphatic carbocycles. The molecule has 0 saturated carbocycles. The van der Waals surface area contributed by atoms with E-state index in [9.17, 15) is 0 Å². The van der Waals surface area contributed by atoms with Crippen molar-refractivity contribution in [2.45, 2.75) is 0 Å². The minimum Gasteiger partial charge on any atom is -0.456 e. The van der Waals surface area contributed by atoms with E-state index < -0.39 is 0 Å². The lowest BCUT2D eigenvalue weighted by atomic mass is 9.89. The van der Waals surface area contributed by atoms with Crippen LogP contribution in [0.1, 0.15) is 0 Å². The van der Waals surface area contributed by atoms with Crippen LogP contribution in [0.5, 0.6) is 0 Å². The monoisotopic (exact) mass is 765 g/mol. The average molecular weight is 766 g/mol. The zero-order chi connectivity index (χ0) is 39.8. The molecule has 0 amide bonds. The fraction of sp³-hybridized carbons (Fsp3) is 0. The van der Waals surface area contributed by atoms with Crippen LogP contribution in [-0.4, -0.2) is 0 Å². The number of para-hydroxylation sites is 1. The third kappa shape index (κ3) is 6.41. The van der Waals surface area contributed by atoms with Crippen LogP contribution in [0, 0.1) is 0 Å². The molecule has 0 fully saturated rings. The normalized spacial score (nSPS) is 11.3. The van der Waals surface area contributed by atoms with Crippen molar-refractivity contribution in [3.05, 3.63) is 237 Å². The van der Waals surface area contributed by atoms with Gasteiger partial charge in [0.05, 0.1) is 5.69 Å². The Morgan fingerprint density at radius 3 is 1.47 bits per heavy atom. The molecule has 10 aromatic carbocycles.